The van der Waals surface area contributed by atoms with Crippen molar-refractivity contribution in [3.8, 4) is 0 Å². The summed E-state index contributed by atoms with van der Waals surface area (Å²) < 4.78 is 7.37. The molecule has 0 spiro atoms. The van der Waals surface area contributed by atoms with Crippen molar-refractivity contribution >= 4 is 29.4 Å². The van der Waals surface area contributed by atoms with Gasteiger partial charge in [0.1, 0.15) is 12.2 Å². The molecule has 0 saturated heterocycles. The number of nitrogens with zero attached hydrogens (tertiary/aromatic N) is 4. The summed E-state index contributed by atoms with van der Waals surface area (Å²) in [6.07, 6.45) is 3.45. The van der Waals surface area contributed by atoms with Gasteiger partial charge in [-0.25, -0.2) is 9.36 Å². The smallest absolute Gasteiger partial charge is 0.331 e. The zero-order valence-electron chi connectivity index (χ0n) is 14.1. The monoisotopic (exact) mass is 373 g/mol. The van der Waals surface area contributed by atoms with Crippen LogP contribution in [0.3, 0.4) is 0 Å². The predicted octanol–water partition coefficient (Wildman–Crippen LogP) is 1.69. The van der Waals surface area contributed by atoms with Gasteiger partial charge < -0.3 is 10.3 Å². The Morgan fingerprint density at radius 2 is 1.92 bits per heavy atom. The van der Waals surface area contributed by atoms with Crippen molar-refractivity contribution < 1.29 is 4.52 Å². The standard InChI is InChI=1S/C17H16ClN5O3/c1-10-15(19)16(24)23(17(25)22(10)2)9-14-20-13(21-26-14)8-5-11-3-6-12(18)7-4-11/h3-8H,9,19H2,1-2H3/b8-5+. The maximum absolute atomic E-state index is 12.3. The van der Waals surface area contributed by atoms with Crippen LogP contribution in [0.2, 0.25) is 5.02 Å². The molecule has 2 N–H and O–H groups in total. The Hall–Kier alpha value is -3.13. The van der Waals surface area contributed by atoms with Crippen molar-refractivity contribution in [2.75, 3.05) is 5.73 Å². The third-order valence-electron chi connectivity index (χ3n) is 3.96. The molecule has 26 heavy (non-hydrogen) atoms. The molecule has 0 atom stereocenters. The number of hydrogen-bond donors (Lipinski definition) is 1. The second kappa shape index (κ2) is 7.01. The first-order valence-electron chi connectivity index (χ1n) is 7.69. The highest BCUT2D eigenvalue weighted by atomic mass is 35.5. The number of nitrogen functional groups attached to an aromatic ring is 1. The van der Waals surface area contributed by atoms with E-state index in [1.807, 2.05) is 12.1 Å². The Labute approximate surface area is 153 Å². The van der Waals surface area contributed by atoms with Crippen LogP contribution < -0.4 is 17.0 Å². The highest BCUT2D eigenvalue weighted by molar-refractivity contribution is 6.30. The van der Waals surface area contributed by atoms with Crippen LogP contribution in [0, 0.1) is 6.92 Å². The number of hydrogen-bond acceptors (Lipinski definition) is 6. The van der Waals surface area contributed by atoms with Crippen LogP contribution in [-0.2, 0) is 13.6 Å². The quantitative estimate of drug-likeness (QED) is 0.745. The molecule has 0 amide bonds. The molecule has 2 aromatic heterocycles. The fraction of sp³-hybridized carbons (Fsp3) is 0.176. The second-order valence-electron chi connectivity index (χ2n) is 5.66. The lowest BCUT2D eigenvalue weighted by Gasteiger charge is -2.10. The second-order valence-corrected chi connectivity index (χ2v) is 6.10. The Morgan fingerprint density at radius 1 is 1.23 bits per heavy atom. The molecule has 0 unspecified atom stereocenters. The molecule has 0 aliphatic carbocycles. The third-order valence-corrected chi connectivity index (χ3v) is 4.21. The van der Waals surface area contributed by atoms with E-state index < -0.39 is 11.2 Å². The van der Waals surface area contributed by atoms with Gasteiger partial charge in [-0.2, -0.15) is 4.98 Å². The number of anilines is 1. The maximum atomic E-state index is 12.3. The molecule has 3 aromatic rings. The fourth-order valence-corrected chi connectivity index (χ4v) is 2.44. The molecular weight excluding hydrogens is 358 g/mol. The van der Waals surface area contributed by atoms with Gasteiger partial charge in [0.25, 0.3) is 5.56 Å². The largest absolute Gasteiger partial charge is 0.393 e. The first-order valence-corrected chi connectivity index (χ1v) is 8.06. The van der Waals surface area contributed by atoms with Crippen LogP contribution in [0.5, 0.6) is 0 Å². The van der Waals surface area contributed by atoms with E-state index in [4.69, 9.17) is 21.9 Å². The third kappa shape index (κ3) is 3.45. The van der Waals surface area contributed by atoms with Crippen molar-refractivity contribution in [3.05, 3.63) is 73.1 Å². The van der Waals surface area contributed by atoms with Crippen molar-refractivity contribution in [2.24, 2.45) is 7.05 Å². The molecule has 8 nitrogen and oxygen atoms in total. The van der Waals surface area contributed by atoms with Gasteiger partial charge in [-0.1, -0.05) is 35.0 Å². The summed E-state index contributed by atoms with van der Waals surface area (Å²) in [6, 6.07) is 7.23. The summed E-state index contributed by atoms with van der Waals surface area (Å²) in [6.45, 7) is 1.45. The zero-order chi connectivity index (χ0) is 18.8. The summed E-state index contributed by atoms with van der Waals surface area (Å²) in [5.74, 6) is 0.447. The Morgan fingerprint density at radius 3 is 2.62 bits per heavy atom. The lowest BCUT2D eigenvalue weighted by molar-refractivity contribution is 0.364. The molecule has 0 aliphatic heterocycles. The Kier molecular flexibility index (Phi) is 4.77. The first kappa shape index (κ1) is 17.7. The van der Waals surface area contributed by atoms with Gasteiger partial charge in [0, 0.05) is 17.8 Å². The molecule has 0 bridgehead atoms. The Balaban J connectivity index is 1.85. The van der Waals surface area contributed by atoms with E-state index in [1.54, 1.807) is 31.2 Å². The average Bonchev–Trinajstić information content (AvgIpc) is 3.09. The van der Waals surface area contributed by atoms with Gasteiger partial charge in [-0.05, 0) is 30.7 Å². The van der Waals surface area contributed by atoms with Crippen LogP contribution in [0.1, 0.15) is 23.0 Å². The highest BCUT2D eigenvalue weighted by Crippen LogP contribution is 2.12. The predicted molar refractivity (Wildman–Crippen MR) is 98.9 cm³/mol. The summed E-state index contributed by atoms with van der Waals surface area (Å²) in [4.78, 5) is 28.7. The minimum absolute atomic E-state index is 0.00877. The molecule has 3 rings (SSSR count). The number of nitrogens with two attached hydrogens (primary N) is 1. The van der Waals surface area contributed by atoms with E-state index >= 15 is 0 Å². The summed E-state index contributed by atoms with van der Waals surface area (Å²) in [7, 11) is 1.54. The maximum Gasteiger partial charge on any atom is 0.331 e. The van der Waals surface area contributed by atoms with E-state index in [1.165, 1.54) is 11.6 Å². The summed E-state index contributed by atoms with van der Waals surface area (Å²) in [5.41, 5.74) is 6.00. The molecule has 0 saturated carbocycles. The van der Waals surface area contributed by atoms with E-state index in [0.29, 0.717) is 16.5 Å². The van der Waals surface area contributed by atoms with E-state index in [-0.39, 0.29) is 18.1 Å². The molecular formula is C17H16ClN5O3. The van der Waals surface area contributed by atoms with Crippen molar-refractivity contribution in [2.45, 2.75) is 13.5 Å². The van der Waals surface area contributed by atoms with Crippen LogP contribution in [-0.4, -0.2) is 19.3 Å². The van der Waals surface area contributed by atoms with Gasteiger partial charge in [-0.15, -0.1) is 0 Å². The molecule has 0 fully saturated rings. The van der Waals surface area contributed by atoms with Gasteiger partial charge in [0.05, 0.1) is 0 Å². The lowest BCUT2D eigenvalue weighted by atomic mass is 10.2. The normalized spacial score (nSPS) is 11.3. The van der Waals surface area contributed by atoms with E-state index in [9.17, 15) is 9.59 Å². The summed E-state index contributed by atoms with van der Waals surface area (Å²) in [5, 5.41) is 4.46. The number of halogens is 1. The van der Waals surface area contributed by atoms with Crippen molar-refractivity contribution in [1.82, 2.24) is 19.3 Å². The number of rotatable bonds is 4. The minimum atomic E-state index is -0.581. The minimum Gasteiger partial charge on any atom is -0.393 e. The van der Waals surface area contributed by atoms with Crippen LogP contribution in [0.25, 0.3) is 12.2 Å². The molecule has 0 radical (unpaired) electrons. The van der Waals surface area contributed by atoms with Gasteiger partial charge in [0.15, 0.2) is 5.82 Å². The fourth-order valence-electron chi connectivity index (χ4n) is 2.31. The number of benzene rings is 1. The molecule has 2 heterocycles. The Bertz CT molecular complexity index is 1060. The molecule has 9 heteroatoms. The highest BCUT2D eigenvalue weighted by Gasteiger charge is 2.14. The van der Waals surface area contributed by atoms with Crippen LogP contribution in [0.15, 0.2) is 38.4 Å². The topological polar surface area (TPSA) is 109 Å². The molecule has 1 aromatic carbocycles. The molecule has 0 aliphatic rings. The van der Waals surface area contributed by atoms with Crippen LogP contribution >= 0.6 is 11.6 Å². The first-order chi connectivity index (χ1) is 12.4. The lowest BCUT2D eigenvalue weighted by Crippen LogP contribution is -2.41. The van der Waals surface area contributed by atoms with Crippen LogP contribution in [0.4, 0.5) is 5.69 Å². The zero-order valence-corrected chi connectivity index (χ0v) is 14.9. The SMILES string of the molecule is Cc1c(N)c(=O)n(Cc2nc(/C=C/c3ccc(Cl)cc3)no2)c(=O)n1C. The van der Waals surface area contributed by atoms with Crippen molar-refractivity contribution in [3.63, 3.8) is 0 Å². The molecule has 134 valence electrons. The van der Waals surface area contributed by atoms with E-state index in [0.717, 1.165) is 10.1 Å². The van der Waals surface area contributed by atoms with E-state index in [2.05, 4.69) is 10.1 Å². The van der Waals surface area contributed by atoms with Gasteiger partial charge in [0.2, 0.25) is 5.89 Å². The van der Waals surface area contributed by atoms with Gasteiger partial charge >= 0.3 is 5.69 Å². The summed E-state index contributed by atoms with van der Waals surface area (Å²) >= 11 is 5.84. The van der Waals surface area contributed by atoms with Crippen molar-refractivity contribution in [1.29, 1.82) is 0 Å². The van der Waals surface area contributed by atoms with Gasteiger partial charge in [-0.3, -0.25) is 9.36 Å². The average molecular weight is 374 g/mol. The number of aromatic nitrogens is 4.